The van der Waals surface area contributed by atoms with Crippen molar-refractivity contribution in [1.29, 1.82) is 0 Å². The number of carbonyl (C=O) groups is 1. The third-order valence-electron chi connectivity index (χ3n) is 3.60. The minimum atomic E-state index is -0.0145. The van der Waals surface area contributed by atoms with Gasteiger partial charge in [0.05, 0.1) is 0 Å². The first-order chi connectivity index (χ1) is 10.7. The Hall–Kier alpha value is -1.95. The molecule has 3 rings (SSSR count). The first-order valence-electron chi connectivity index (χ1n) is 7.37. The SMILES string of the molecule is O=C(c1ccnc(Nc2cccc(Br)c2)n1)N1CCCCC1. The van der Waals surface area contributed by atoms with E-state index < -0.39 is 0 Å². The fourth-order valence-corrected chi connectivity index (χ4v) is 2.89. The van der Waals surface area contributed by atoms with Crippen molar-refractivity contribution in [2.75, 3.05) is 18.4 Å². The number of nitrogens with one attached hydrogen (secondary N) is 1. The number of anilines is 2. The highest BCUT2D eigenvalue weighted by Crippen LogP contribution is 2.19. The lowest BCUT2D eigenvalue weighted by Gasteiger charge is -2.26. The summed E-state index contributed by atoms with van der Waals surface area (Å²) in [7, 11) is 0. The van der Waals surface area contributed by atoms with Crippen molar-refractivity contribution in [3.05, 3.63) is 46.7 Å². The second-order valence-electron chi connectivity index (χ2n) is 5.25. The van der Waals surface area contributed by atoms with Crippen LogP contribution in [0.4, 0.5) is 11.6 Å². The van der Waals surface area contributed by atoms with Crippen molar-refractivity contribution in [3.8, 4) is 0 Å². The smallest absolute Gasteiger partial charge is 0.272 e. The molecule has 22 heavy (non-hydrogen) atoms. The molecule has 5 nitrogen and oxygen atoms in total. The van der Waals surface area contributed by atoms with Crippen molar-refractivity contribution in [2.45, 2.75) is 19.3 Å². The van der Waals surface area contributed by atoms with Gasteiger partial charge in [0.15, 0.2) is 0 Å². The van der Waals surface area contributed by atoms with E-state index in [4.69, 9.17) is 0 Å². The largest absolute Gasteiger partial charge is 0.337 e. The molecule has 1 aliphatic rings. The Labute approximate surface area is 137 Å². The highest BCUT2D eigenvalue weighted by atomic mass is 79.9. The van der Waals surface area contributed by atoms with E-state index in [2.05, 4.69) is 31.2 Å². The highest BCUT2D eigenvalue weighted by Gasteiger charge is 2.19. The van der Waals surface area contributed by atoms with Gasteiger partial charge in [-0.3, -0.25) is 4.79 Å². The van der Waals surface area contributed by atoms with Crippen molar-refractivity contribution in [2.24, 2.45) is 0 Å². The molecular weight excluding hydrogens is 344 g/mol. The summed E-state index contributed by atoms with van der Waals surface area (Å²) < 4.78 is 0.970. The predicted octanol–water partition coefficient (Wildman–Crippen LogP) is 3.61. The van der Waals surface area contributed by atoms with E-state index in [9.17, 15) is 4.79 Å². The Bertz CT molecular complexity index is 671. The summed E-state index contributed by atoms with van der Waals surface area (Å²) in [5.74, 6) is 0.417. The summed E-state index contributed by atoms with van der Waals surface area (Å²) in [6.45, 7) is 1.63. The lowest BCUT2D eigenvalue weighted by molar-refractivity contribution is 0.0718. The summed E-state index contributed by atoms with van der Waals surface area (Å²) >= 11 is 3.42. The fraction of sp³-hybridized carbons (Fsp3) is 0.312. The van der Waals surface area contributed by atoms with Crippen molar-refractivity contribution in [3.63, 3.8) is 0 Å². The first-order valence-corrected chi connectivity index (χ1v) is 8.16. The Morgan fingerprint density at radius 1 is 1.18 bits per heavy atom. The predicted molar refractivity (Wildman–Crippen MR) is 89.2 cm³/mol. The van der Waals surface area contributed by atoms with Gasteiger partial charge in [0.25, 0.3) is 5.91 Å². The average Bonchev–Trinajstić information content (AvgIpc) is 2.55. The second-order valence-corrected chi connectivity index (χ2v) is 6.17. The molecule has 1 aromatic carbocycles. The van der Waals surface area contributed by atoms with Gasteiger partial charge in [-0.25, -0.2) is 9.97 Å². The van der Waals surface area contributed by atoms with Crippen LogP contribution in [0.5, 0.6) is 0 Å². The van der Waals surface area contributed by atoms with E-state index in [0.717, 1.165) is 36.1 Å². The van der Waals surface area contributed by atoms with E-state index in [-0.39, 0.29) is 5.91 Å². The molecule has 1 N–H and O–H groups in total. The summed E-state index contributed by atoms with van der Waals surface area (Å²) in [6, 6.07) is 9.40. The van der Waals surface area contributed by atoms with Crippen LogP contribution in [0, 0.1) is 0 Å². The molecule has 1 saturated heterocycles. The van der Waals surface area contributed by atoms with Gasteiger partial charge < -0.3 is 10.2 Å². The monoisotopic (exact) mass is 360 g/mol. The van der Waals surface area contributed by atoms with Crippen LogP contribution >= 0.6 is 15.9 Å². The third-order valence-corrected chi connectivity index (χ3v) is 4.09. The lowest BCUT2D eigenvalue weighted by Crippen LogP contribution is -2.36. The molecule has 6 heteroatoms. The van der Waals surface area contributed by atoms with Crippen LogP contribution in [0.25, 0.3) is 0 Å². The van der Waals surface area contributed by atoms with Gasteiger partial charge in [0.1, 0.15) is 5.69 Å². The molecule has 0 spiro atoms. The summed E-state index contributed by atoms with van der Waals surface area (Å²) in [5.41, 5.74) is 1.31. The average molecular weight is 361 g/mol. The van der Waals surface area contributed by atoms with Crippen molar-refractivity contribution < 1.29 is 4.79 Å². The number of rotatable bonds is 3. The zero-order chi connectivity index (χ0) is 15.4. The standard InChI is InChI=1S/C16H17BrN4O/c17-12-5-4-6-13(11-12)19-16-18-8-7-14(20-16)15(22)21-9-2-1-3-10-21/h4-8,11H,1-3,9-10H2,(H,18,19,20). The molecule has 0 unspecified atom stereocenters. The normalized spacial score (nSPS) is 14.7. The zero-order valence-electron chi connectivity index (χ0n) is 12.1. The Morgan fingerprint density at radius 2 is 2.00 bits per heavy atom. The van der Waals surface area contributed by atoms with Gasteiger partial charge in [0, 0.05) is 29.4 Å². The minimum absolute atomic E-state index is 0.0145. The molecule has 0 atom stereocenters. The molecular formula is C16H17BrN4O. The van der Waals surface area contributed by atoms with Crippen molar-refractivity contribution in [1.82, 2.24) is 14.9 Å². The van der Waals surface area contributed by atoms with Crippen LogP contribution < -0.4 is 5.32 Å². The first kappa shape index (κ1) is 15.0. The summed E-state index contributed by atoms with van der Waals surface area (Å²) in [4.78, 5) is 22.9. The highest BCUT2D eigenvalue weighted by molar-refractivity contribution is 9.10. The third kappa shape index (κ3) is 3.62. The van der Waals surface area contributed by atoms with Crippen molar-refractivity contribution >= 4 is 33.5 Å². The van der Waals surface area contributed by atoms with Gasteiger partial charge >= 0.3 is 0 Å². The number of nitrogens with zero attached hydrogens (tertiary/aromatic N) is 3. The fourth-order valence-electron chi connectivity index (χ4n) is 2.49. The Balaban J connectivity index is 1.75. The maximum atomic E-state index is 12.5. The van der Waals surface area contributed by atoms with Gasteiger partial charge in [-0.1, -0.05) is 22.0 Å². The molecule has 0 bridgehead atoms. The number of amides is 1. The number of halogens is 1. The molecule has 0 aliphatic carbocycles. The molecule has 2 aromatic rings. The number of piperidine rings is 1. The number of hydrogen-bond acceptors (Lipinski definition) is 4. The Morgan fingerprint density at radius 3 is 2.77 bits per heavy atom. The van der Waals surface area contributed by atoms with Gasteiger partial charge in [0.2, 0.25) is 5.95 Å². The van der Waals surface area contributed by atoms with E-state index in [1.165, 1.54) is 6.42 Å². The molecule has 114 valence electrons. The maximum Gasteiger partial charge on any atom is 0.272 e. The minimum Gasteiger partial charge on any atom is -0.337 e. The molecule has 1 amide bonds. The molecule has 2 heterocycles. The Kier molecular flexibility index (Phi) is 4.68. The van der Waals surface area contributed by atoms with E-state index >= 15 is 0 Å². The lowest BCUT2D eigenvalue weighted by atomic mass is 10.1. The topological polar surface area (TPSA) is 58.1 Å². The number of hydrogen-bond donors (Lipinski definition) is 1. The van der Waals surface area contributed by atoms with Crippen LogP contribution in [0.2, 0.25) is 0 Å². The number of benzene rings is 1. The van der Waals surface area contributed by atoms with Crippen LogP contribution in [0.15, 0.2) is 41.0 Å². The van der Waals surface area contributed by atoms with Crippen LogP contribution in [0.3, 0.4) is 0 Å². The van der Waals surface area contributed by atoms with E-state index in [1.807, 2.05) is 29.2 Å². The molecule has 1 aliphatic heterocycles. The van der Waals surface area contributed by atoms with Gasteiger partial charge in [-0.05, 0) is 43.5 Å². The molecule has 0 saturated carbocycles. The number of carbonyl (C=O) groups excluding carboxylic acids is 1. The zero-order valence-corrected chi connectivity index (χ0v) is 13.7. The molecule has 0 radical (unpaired) electrons. The molecule has 1 aromatic heterocycles. The van der Waals surface area contributed by atoms with E-state index in [0.29, 0.717) is 11.6 Å². The summed E-state index contributed by atoms with van der Waals surface area (Å²) in [6.07, 6.45) is 4.95. The number of aromatic nitrogens is 2. The van der Waals surface area contributed by atoms with Gasteiger partial charge in [-0.15, -0.1) is 0 Å². The summed E-state index contributed by atoms with van der Waals surface area (Å²) in [5, 5.41) is 3.12. The second kappa shape index (κ2) is 6.87. The number of likely N-dealkylation sites (tertiary alicyclic amines) is 1. The van der Waals surface area contributed by atoms with Crippen LogP contribution in [-0.4, -0.2) is 33.9 Å². The van der Waals surface area contributed by atoms with E-state index in [1.54, 1.807) is 12.3 Å². The molecule has 1 fully saturated rings. The quantitative estimate of drug-likeness (QED) is 0.908. The maximum absolute atomic E-state index is 12.5. The van der Waals surface area contributed by atoms with Gasteiger partial charge in [-0.2, -0.15) is 0 Å². The van der Waals surface area contributed by atoms with Crippen LogP contribution in [-0.2, 0) is 0 Å². The van der Waals surface area contributed by atoms with Crippen LogP contribution in [0.1, 0.15) is 29.8 Å².